The van der Waals surface area contributed by atoms with Gasteiger partial charge in [0.1, 0.15) is 5.82 Å². The molecule has 0 saturated heterocycles. The van der Waals surface area contributed by atoms with Crippen molar-refractivity contribution in [2.75, 3.05) is 0 Å². The number of hydrogen-bond donors (Lipinski definition) is 1. The van der Waals surface area contributed by atoms with E-state index in [1.807, 2.05) is 0 Å². The fourth-order valence-electron chi connectivity index (χ4n) is 0.536. The fraction of sp³-hybridized carbons (Fsp3) is 0.400. The van der Waals surface area contributed by atoms with E-state index in [-0.39, 0.29) is 0 Å². The second-order valence-electron chi connectivity index (χ2n) is 1.70. The van der Waals surface area contributed by atoms with Crippen molar-refractivity contribution in [3.63, 3.8) is 0 Å². The number of aryl methyl sites for hydroxylation is 1. The van der Waals surface area contributed by atoms with Crippen molar-refractivity contribution >= 4 is 0 Å². The lowest BCUT2D eigenvalue weighted by Gasteiger charge is -1.92. The average Bonchev–Trinajstić information content (AvgIpc) is 1.88. The lowest BCUT2D eigenvalue weighted by Crippen LogP contribution is -2.02. The molecule has 0 fully saturated rings. The zero-order chi connectivity index (χ0) is 6.69. The SMILES string of the molecule is Cc1nncc(CN)n1. The summed E-state index contributed by atoms with van der Waals surface area (Å²) in [5.41, 5.74) is 6.07. The summed E-state index contributed by atoms with van der Waals surface area (Å²) in [5, 5.41) is 7.33. The van der Waals surface area contributed by atoms with Crippen molar-refractivity contribution in [3.05, 3.63) is 17.7 Å². The molecule has 0 spiro atoms. The molecular formula is C5H8N4. The molecule has 1 rings (SSSR count). The molecule has 48 valence electrons. The number of nitrogens with zero attached hydrogens (tertiary/aromatic N) is 3. The molecule has 0 aliphatic heterocycles. The van der Waals surface area contributed by atoms with Gasteiger partial charge in [-0.1, -0.05) is 0 Å². The van der Waals surface area contributed by atoms with E-state index in [4.69, 9.17) is 5.73 Å². The van der Waals surface area contributed by atoms with Gasteiger partial charge in [0.15, 0.2) is 0 Å². The highest BCUT2D eigenvalue weighted by molar-refractivity contribution is 4.93. The molecule has 0 atom stereocenters. The third-order valence-corrected chi connectivity index (χ3v) is 0.924. The molecule has 1 aromatic rings. The van der Waals surface area contributed by atoms with Crippen molar-refractivity contribution in [2.24, 2.45) is 5.73 Å². The van der Waals surface area contributed by atoms with Crippen molar-refractivity contribution in [2.45, 2.75) is 13.5 Å². The summed E-state index contributed by atoms with van der Waals surface area (Å²) in [5.74, 6) is 0.665. The molecule has 4 nitrogen and oxygen atoms in total. The third-order valence-electron chi connectivity index (χ3n) is 0.924. The molecule has 1 aromatic heterocycles. The minimum Gasteiger partial charge on any atom is -0.325 e. The molecule has 0 aliphatic carbocycles. The second kappa shape index (κ2) is 2.50. The molecule has 0 aromatic carbocycles. The highest BCUT2D eigenvalue weighted by Gasteiger charge is 1.90. The smallest absolute Gasteiger partial charge is 0.148 e. The first-order valence-electron chi connectivity index (χ1n) is 2.68. The number of hydrogen-bond acceptors (Lipinski definition) is 4. The molecule has 9 heavy (non-hydrogen) atoms. The van der Waals surface area contributed by atoms with E-state index in [0.717, 1.165) is 5.69 Å². The predicted octanol–water partition coefficient (Wildman–Crippen LogP) is -0.361. The van der Waals surface area contributed by atoms with Crippen LogP contribution in [0.1, 0.15) is 11.5 Å². The Bertz CT molecular complexity index is 198. The maximum Gasteiger partial charge on any atom is 0.148 e. The van der Waals surface area contributed by atoms with E-state index in [9.17, 15) is 0 Å². The van der Waals surface area contributed by atoms with Gasteiger partial charge in [-0.2, -0.15) is 5.10 Å². The Kier molecular flexibility index (Phi) is 1.69. The largest absolute Gasteiger partial charge is 0.325 e. The van der Waals surface area contributed by atoms with Crippen LogP contribution in [0.5, 0.6) is 0 Å². The van der Waals surface area contributed by atoms with E-state index in [2.05, 4.69) is 15.2 Å². The zero-order valence-corrected chi connectivity index (χ0v) is 5.20. The molecular weight excluding hydrogens is 116 g/mol. The standard InChI is InChI=1S/C5H8N4/c1-4-8-5(2-6)3-7-9-4/h3H,2,6H2,1H3. The van der Waals surface area contributed by atoms with Gasteiger partial charge in [0.05, 0.1) is 11.9 Å². The second-order valence-corrected chi connectivity index (χ2v) is 1.70. The van der Waals surface area contributed by atoms with Gasteiger partial charge in [0, 0.05) is 6.54 Å². The van der Waals surface area contributed by atoms with Gasteiger partial charge >= 0.3 is 0 Å². The average molecular weight is 124 g/mol. The van der Waals surface area contributed by atoms with Crippen LogP contribution in [0.15, 0.2) is 6.20 Å². The molecule has 0 aliphatic rings. The zero-order valence-electron chi connectivity index (χ0n) is 5.20. The lowest BCUT2D eigenvalue weighted by atomic mass is 10.5. The number of aromatic nitrogens is 3. The molecule has 0 amide bonds. The normalized spacial score (nSPS) is 9.56. The minimum absolute atomic E-state index is 0.427. The fourth-order valence-corrected chi connectivity index (χ4v) is 0.536. The summed E-state index contributed by atoms with van der Waals surface area (Å²) in [7, 11) is 0. The lowest BCUT2D eigenvalue weighted by molar-refractivity contribution is 0.842. The van der Waals surface area contributed by atoms with Crippen LogP contribution in [0.3, 0.4) is 0 Å². The van der Waals surface area contributed by atoms with Gasteiger partial charge in [-0.05, 0) is 6.92 Å². The first kappa shape index (κ1) is 6.10. The number of nitrogens with two attached hydrogens (primary N) is 1. The number of rotatable bonds is 1. The van der Waals surface area contributed by atoms with Gasteiger partial charge in [-0.3, -0.25) is 0 Å². The van der Waals surface area contributed by atoms with Gasteiger partial charge in [-0.25, -0.2) is 4.98 Å². The Morgan fingerprint density at radius 3 is 2.89 bits per heavy atom. The van der Waals surface area contributed by atoms with Crippen LogP contribution in [-0.2, 0) is 6.54 Å². The molecule has 2 N–H and O–H groups in total. The molecule has 0 saturated carbocycles. The molecule has 0 unspecified atom stereocenters. The summed E-state index contributed by atoms with van der Waals surface area (Å²) >= 11 is 0. The molecule has 4 heteroatoms. The van der Waals surface area contributed by atoms with Gasteiger partial charge in [0.2, 0.25) is 0 Å². The van der Waals surface area contributed by atoms with E-state index in [1.54, 1.807) is 13.1 Å². The highest BCUT2D eigenvalue weighted by Crippen LogP contribution is 1.87. The quantitative estimate of drug-likeness (QED) is 0.555. The van der Waals surface area contributed by atoms with Crippen molar-refractivity contribution in [3.8, 4) is 0 Å². The minimum atomic E-state index is 0.427. The maximum absolute atomic E-state index is 5.29. The monoisotopic (exact) mass is 124 g/mol. The van der Waals surface area contributed by atoms with Crippen LogP contribution in [0.2, 0.25) is 0 Å². The van der Waals surface area contributed by atoms with Crippen LogP contribution < -0.4 is 5.73 Å². The molecule has 0 bridgehead atoms. The van der Waals surface area contributed by atoms with Gasteiger partial charge < -0.3 is 5.73 Å². The summed E-state index contributed by atoms with van der Waals surface area (Å²) in [6.45, 7) is 2.21. The van der Waals surface area contributed by atoms with Gasteiger partial charge in [-0.15, -0.1) is 5.10 Å². The van der Waals surface area contributed by atoms with Crippen LogP contribution in [-0.4, -0.2) is 15.2 Å². The topological polar surface area (TPSA) is 64.7 Å². The maximum atomic E-state index is 5.29. The van der Waals surface area contributed by atoms with E-state index < -0.39 is 0 Å². The Morgan fingerprint density at radius 2 is 2.44 bits per heavy atom. The van der Waals surface area contributed by atoms with E-state index >= 15 is 0 Å². The van der Waals surface area contributed by atoms with Crippen LogP contribution in [0, 0.1) is 6.92 Å². The highest BCUT2D eigenvalue weighted by atomic mass is 15.1. The molecule has 1 heterocycles. The van der Waals surface area contributed by atoms with Gasteiger partial charge in [0.25, 0.3) is 0 Å². The van der Waals surface area contributed by atoms with E-state index in [0.29, 0.717) is 12.4 Å². The predicted molar refractivity (Wildman–Crippen MR) is 32.5 cm³/mol. The van der Waals surface area contributed by atoms with E-state index in [1.165, 1.54) is 0 Å². The van der Waals surface area contributed by atoms with Crippen LogP contribution in [0.4, 0.5) is 0 Å². The van der Waals surface area contributed by atoms with Crippen molar-refractivity contribution in [1.82, 2.24) is 15.2 Å². The van der Waals surface area contributed by atoms with Crippen LogP contribution >= 0.6 is 0 Å². The van der Waals surface area contributed by atoms with Crippen molar-refractivity contribution < 1.29 is 0 Å². The Balaban J connectivity index is 2.94. The summed E-state index contributed by atoms with van der Waals surface area (Å²) < 4.78 is 0. The summed E-state index contributed by atoms with van der Waals surface area (Å²) in [4.78, 5) is 3.99. The summed E-state index contributed by atoms with van der Waals surface area (Å²) in [6, 6.07) is 0. The molecule has 0 radical (unpaired) electrons. The Hall–Kier alpha value is -1.03. The third kappa shape index (κ3) is 1.43. The Morgan fingerprint density at radius 1 is 1.67 bits per heavy atom. The Labute approximate surface area is 53.1 Å². The van der Waals surface area contributed by atoms with Crippen molar-refractivity contribution in [1.29, 1.82) is 0 Å². The van der Waals surface area contributed by atoms with Crippen LogP contribution in [0.25, 0.3) is 0 Å². The summed E-state index contributed by atoms with van der Waals surface area (Å²) in [6.07, 6.45) is 1.56. The first-order valence-corrected chi connectivity index (χ1v) is 2.68. The first-order chi connectivity index (χ1) is 4.33.